The molecule has 4 aromatic rings. The summed E-state index contributed by atoms with van der Waals surface area (Å²) in [6, 6.07) is 25.0. The van der Waals surface area contributed by atoms with E-state index >= 15 is 0 Å². The lowest BCUT2D eigenvalue weighted by molar-refractivity contribution is 0.143. The smallest absolute Gasteiger partial charge is 0.423 e. The standard InChI is InChI=1S/C24H21O6P/c1-18-14-24(25)29-23-15-21(12-13-22(18)23)30-31(26,27-16-19-8-4-2-5-9-19)28-17-20-10-6-3-7-11-20/h2-15H,16-17H2,1H3. The molecule has 31 heavy (non-hydrogen) atoms. The van der Waals surface area contributed by atoms with Crippen molar-refractivity contribution in [2.24, 2.45) is 0 Å². The van der Waals surface area contributed by atoms with Crippen LogP contribution < -0.4 is 10.1 Å². The molecule has 0 aliphatic heterocycles. The number of hydrogen-bond acceptors (Lipinski definition) is 6. The second kappa shape index (κ2) is 9.31. The van der Waals surface area contributed by atoms with E-state index in [4.69, 9.17) is 18.0 Å². The van der Waals surface area contributed by atoms with E-state index in [2.05, 4.69) is 0 Å². The summed E-state index contributed by atoms with van der Waals surface area (Å²) in [6.07, 6.45) is 0. The van der Waals surface area contributed by atoms with Gasteiger partial charge in [-0.15, -0.1) is 0 Å². The number of fused-ring (bicyclic) bond motifs is 1. The number of hydrogen-bond donors (Lipinski definition) is 0. The van der Waals surface area contributed by atoms with Crippen molar-refractivity contribution < 1.29 is 22.6 Å². The maximum absolute atomic E-state index is 13.4. The van der Waals surface area contributed by atoms with E-state index in [9.17, 15) is 9.36 Å². The van der Waals surface area contributed by atoms with Crippen molar-refractivity contribution >= 4 is 18.8 Å². The van der Waals surface area contributed by atoms with Gasteiger partial charge in [-0.25, -0.2) is 9.36 Å². The lowest BCUT2D eigenvalue weighted by atomic mass is 10.1. The minimum absolute atomic E-state index is 0.0503. The summed E-state index contributed by atoms with van der Waals surface area (Å²) < 4.78 is 35.6. The lowest BCUT2D eigenvalue weighted by Crippen LogP contribution is -2.04. The summed E-state index contributed by atoms with van der Waals surface area (Å²) in [5.74, 6) is 0.214. The Morgan fingerprint density at radius 1 is 0.806 bits per heavy atom. The first kappa shape index (κ1) is 21.1. The summed E-state index contributed by atoms with van der Waals surface area (Å²) in [5, 5.41) is 0.761. The molecule has 0 unspecified atom stereocenters. The van der Waals surface area contributed by atoms with Crippen LogP contribution in [0.4, 0.5) is 0 Å². The molecule has 0 radical (unpaired) electrons. The monoisotopic (exact) mass is 436 g/mol. The molecule has 4 rings (SSSR count). The van der Waals surface area contributed by atoms with E-state index in [1.165, 1.54) is 12.1 Å². The average molecular weight is 436 g/mol. The molecule has 158 valence electrons. The van der Waals surface area contributed by atoms with E-state index in [1.54, 1.807) is 12.1 Å². The molecule has 1 heterocycles. The van der Waals surface area contributed by atoms with Crippen molar-refractivity contribution in [3.63, 3.8) is 0 Å². The highest BCUT2D eigenvalue weighted by Crippen LogP contribution is 2.51. The first-order valence-electron chi connectivity index (χ1n) is 9.72. The summed E-state index contributed by atoms with van der Waals surface area (Å²) in [4.78, 5) is 11.7. The quantitative estimate of drug-likeness (QED) is 0.248. The number of aryl methyl sites for hydroxylation is 1. The Morgan fingerprint density at radius 2 is 1.39 bits per heavy atom. The van der Waals surface area contributed by atoms with Crippen LogP contribution in [0.25, 0.3) is 11.0 Å². The van der Waals surface area contributed by atoms with Gasteiger partial charge in [-0.2, -0.15) is 0 Å². The van der Waals surface area contributed by atoms with Gasteiger partial charge >= 0.3 is 13.4 Å². The molecule has 7 heteroatoms. The molecule has 0 aliphatic rings. The van der Waals surface area contributed by atoms with Gasteiger partial charge in [-0.3, -0.25) is 9.05 Å². The van der Waals surface area contributed by atoms with Gasteiger partial charge in [0, 0.05) is 17.5 Å². The van der Waals surface area contributed by atoms with Gasteiger partial charge in [-0.05, 0) is 35.7 Å². The summed E-state index contributed by atoms with van der Waals surface area (Å²) >= 11 is 0. The largest absolute Gasteiger partial charge is 0.530 e. The van der Waals surface area contributed by atoms with Gasteiger partial charge in [-0.1, -0.05) is 60.7 Å². The topological polar surface area (TPSA) is 75.0 Å². The second-order valence-corrected chi connectivity index (χ2v) is 8.56. The van der Waals surface area contributed by atoms with E-state index in [1.807, 2.05) is 67.6 Å². The maximum Gasteiger partial charge on any atom is 0.530 e. The summed E-state index contributed by atoms with van der Waals surface area (Å²) in [6.45, 7) is 1.92. The van der Waals surface area contributed by atoms with E-state index < -0.39 is 13.4 Å². The van der Waals surface area contributed by atoms with E-state index in [0.717, 1.165) is 22.1 Å². The minimum Gasteiger partial charge on any atom is -0.423 e. The van der Waals surface area contributed by atoms with Crippen molar-refractivity contribution in [2.45, 2.75) is 20.1 Å². The zero-order valence-corrected chi connectivity index (χ0v) is 17.8. The number of rotatable bonds is 8. The average Bonchev–Trinajstić information content (AvgIpc) is 2.78. The molecule has 0 atom stereocenters. The fourth-order valence-electron chi connectivity index (χ4n) is 3.04. The number of phosphoric ester groups is 1. The van der Waals surface area contributed by atoms with Crippen LogP contribution in [-0.2, 0) is 26.8 Å². The second-order valence-electron chi connectivity index (χ2n) is 6.96. The Kier molecular flexibility index (Phi) is 6.33. The van der Waals surface area contributed by atoms with Crippen molar-refractivity contribution in [1.82, 2.24) is 0 Å². The molecule has 0 saturated heterocycles. The van der Waals surface area contributed by atoms with E-state index in [0.29, 0.717) is 5.58 Å². The van der Waals surface area contributed by atoms with Gasteiger partial charge in [0.15, 0.2) is 0 Å². The fourth-order valence-corrected chi connectivity index (χ4v) is 4.20. The Hall–Kier alpha value is -3.18. The maximum atomic E-state index is 13.4. The molecule has 0 amide bonds. The van der Waals surface area contributed by atoms with Crippen LogP contribution in [0.2, 0.25) is 0 Å². The number of phosphoric acid groups is 1. The highest BCUT2D eigenvalue weighted by molar-refractivity contribution is 7.48. The molecule has 0 bridgehead atoms. The Balaban J connectivity index is 1.59. The van der Waals surface area contributed by atoms with Crippen LogP contribution in [0.1, 0.15) is 16.7 Å². The minimum atomic E-state index is -3.99. The van der Waals surface area contributed by atoms with Crippen LogP contribution >= 0.6 is 7.82 Å². The summed E-state index contributed by atoms with van der Waals surface area (Å²) in [5.41, 5.74) is 2.30. The Morgan fingerprint density at radius 3 is 1.97 bits per heavy atom. The van der Waals surface area contributed by atoms with Gasteiger partial charge in [0.2, 0.25) is 0 Å². The van der Waals surface area contributed by atoms with Gasteiger partial charge in [0.05, 0.1) is 13.2 Å². The predicted octanol–water partition coefficient (Wildman–Crippen LogP) is 6.02. The third-order valence-corrected chi connectivity index (χ3v) is 5.93. The molecule has 1 aromatic heterocycles. The van der Waals surface area contributed by atoms with Crippen LogP contribution in [-0.4, -0.2) is 0 Å². The molecule has 0 spiro atoms. The predicted molar refractivity (Wildman–Crippen MR) is 118 cm³/mol. The molecule has 0 N–H and O–H groups in total. The zero-order valence-electron chi connectivity index (χ0n) is 16.9. The third kappa shape index (κ3) is 5.50. The number of benzene rings is 3. The lowest BCUT2D eigenvalue weighted by Gasteiger charge is -2.19. The third-order valence-electron chi connectivity index (χ3n) is 4.60. The van der Waals surface area contributed by atoms with Crippen molar-refractivity contribution in [2.75, 3.05) is 0 Å². The first-order valence-corrected chi connectivity index (χ1v) is 11.2. The van der Waals surface area contributed by atoms with Crippen molar-refractivity contribution in [1.29, 1.82) is 0 Å². The van der Waals surface area contributed by atoms with Crippen LogP contribution in [0.5, 0.6) is 5.75 Å². The summed E-state index contributed by atoms with van der Waals surface area (Å²) in [7, 11) is -3.99. The SMILES string of the molecule is Cc1cc(=O)oc2cc(OP(=O)(OCc3ccccc3)OCc3ccccc3)ccc12. The normalized spacial score (nSPS) is 11.5. The molecule has 0 saturated carbocycles. The fraction of sp³-hybridized carbons (Fsp3) is 0.125. The Bertz CT molecular complexity index is 1220. The molecule has 6 nitrogen and oxygen atoms in total. The Labute approximate surface area is 179 Å². The molecular formula is C24H21O6P. The van der Waals surface area contributed by atoms with Crippen molar-refractivity contribution in [3.8, 4) is 5.75 Å². The van der Waals surface area contributed by atoms with Crippen molar-refractivity contribution in [3.05, 3.63) is 112 Å². The first-order chi connectivity index (χ1) is 15.0. The van der Waals surface area contributed by atoms with Crippen LogP contribution in [0.15, 0.2) is 94.1 Å². The van der Waals surface area contributed by atoms with Crippen LogP contribution in [0, 0.1) is 6.92 Å². The highest BCUT2D eigenvalue weighted by atomic mass is 31.2. The highest BCUT2D eigenvalue weighted by Gasteiger charge is 2.29. The molecule has 0 aliphatic carbocycles. The van der Waals surface area contributed by atoms with Gasteiger partial charge in [0.25, 0.3) is 0 Å². The van der Waals surface area contributed by atoms with Crippen LogP contribution in [0.3, 0.4) is 0 Å². The zero-order chi connectivity index (χ0) is 21.7. The van der Waals surface area contributed by atoms with Gasteiger partial charge in [0.1, 0.15) is 11.3 Å². The molecule has 0 fully saturated rings. The van der Waals surface area contributed by atoms with E-state index in [-0.39, 0.29) is 19.0 Å². The van der Waals surface area contributed by atoms with Gasteiger partial charge < -0.3 is 8.94 Å². The molecule has 3 aromatic carbocycles. The molecular weight excluding hydrogens is 415 g/mol.